The lowest BCUT2D eigenvalue weighted by molar-refractivity contribution is 0.0956. The highest BCUT2D eigenvalue weighted by molar-refractivity contribution is 7.14. The van der Waals surface area contributed by atoms with Gasteiger partial charge in [0.05, 0.1) is 24.1 Å². The molecule has 130 valence electrons. The van der Waals surface area contributed by atoms with Crippen molar-refractivity contribution in [3.8, 4) is 16.5 Å². The van der Waals surface area contributed by atoms with Gasteiger partial charge in [-0.15, -0.1) is 10.2 Å². The quantitative estimate of drug-likeness (QED) is 0.438. The Balaban J connectivity index is 1.65. The first-order valence-corrected chi connectivity index (χ1v) is 8.55. The monoisotopic (exact) mass is 379 g/mol. The predicted octanol–water partition coefficient (Wildman–Crippen LogP) is 3.30. The topological polar surface area (TPSA) is 87.3 Å². The van der Waals surface area contributed by atoms with Crippen LogP contribution in [0.15, 0.2) is 34.9 Å². The summed E-state index contributed by atoms with van der Waals surface area (Å²) in [6.07, 6.45) is 0.0643. The van der Waals surface area contributed by atoms with Gasteiger partial charge in [-0.1, -0.05) is 41.1 Å². The third-order valence-electron chi connectivity index (χ3n) is 3.18. The number of Topliss-reactive ketones (excluding diaryl/α,β-unsaturated/α-hetero) is 1. The molecule has 0 atom stereocenters. The fraction of sp³-hybridized carbons (Fsp3) is 0.250. The fourth-order valence-electron chi connectivity index (χ4n) is 1.98. The van der Waals surface area contributed by atoms with E-state index in [2.05, 4.69) is 15.4 Å². The summed E-state index contributed by atoms with van der Waals surface area (Å²) in [7, 11) is 1.57. The molecule has 0 radical (unpaired) electrons. The van der Waals surface area contributed by atoms with Crippen molar-refractivity contribution in [3.05, 3.63) is 46.1 Å². The Morgan fingerprint density at radius 3 is 2.92 bits per heavy atom. The van der Waals surface area contributed by atoms with Gasteiger partial charge in [0.25, 0.3) is 5.88 Å². The van der Waals surface area contributed by atoms with E-state index < -0.39 is 0 Å². The lowest BCUT2D eigenvalue weighted by Crippen LogP contribution is -2.04. The van der Waals surface area contributed by atoms with E-state index in [1.165, 1.54) is 17.4 Å². The highest BCUT2D eigenvalue weighted by Gasteiger charge is 2.18. The van der Waals surface area contributed by atoms with Gasteiger partial charge in [0.2, 0.25) is 11.5 Å². The molecule has 2 heterocycles. The highest BCUT2D eigenvalue weighted by atomic mass is 35.5. The van der Waals surface area contributed by atoms with Gasteiger partial charge in [-0.2, -0.15) is 0 Å². The average Bonchev–Trinajstić information content (AvgIpc) is 3.25. The van der Waals surface area contributed by atoms with Crippen molar-refractivity contribution in [3.63, 3.8) is 0 Å². The minimum atomic E-state index is -0.254. The van der Waals surface area contributed by atoms with E-state index in [0.717, 1.165) is 5.56 Å². The summed E-state index contributed by atoms with van der Waals surface area (Å²) >= 11 is 7.46. The van der Waals surface area contributed by atoms with Crippen molar-refractivity contribution in [1.82, 2.24) is 15.4 Å². The number of rotatable bonds is 8. The molecular weight excluding hydrogens is 366 g/mol. The first-order valence-electron chi connectivity index (χ1n) is 7.36. The molecule has 2 aromatic heterocycles. The Hall–Kier alpha value is -2.29. The number of carbonyl (C=O) groups excluding carboxylic acids is 1. The van der Waals surface area contributed by atoms with Gasteiger partial charge in [-0.3, -0.25) is 4.79 Å². The Morgan fingerprint density at radius 2 is 2.12 bits per heavy atom. The fourth-order valence-corrected chi connectivity index (χ4v) is 3.14. The van der Waals surface area contributed by atoms with Crippen LogP contribution in [0.2, 0.25) is 5.02 Å². The zero-order valence-electron chi connectivity index (χ0n) is 13.3. The number of benzene rings is 1. The van der Waals surface area contributed by atoms with Crippen LogP contribution in [0.1, 0.15) is 15.6 Å². The highest BCUT2D eigenvalue weighted by Crippen LogP contribution is 2.30. The molecule has 0 aliphatic rings. The number of ketones is 1. The number of halogens is 1. The number of hydrogen-bond donors (Lipinski definition) is 0. The number of aromatic nitrogens is 3. The second-order valence-electron chi connectivity index (χ2n) is 4.95. The molecule has 0 saturated heterocycles. The Morgan fingerprint density at radius 1 is 1.28 bits per heavy atom. The van der Waals surface area contributed by atoms with Crippen LogP contribution >= 0.6 is 22.9 Å². The Bertz CT molecular complexity index is 864. The maximum absolute atomic E-state index is 12.3. The number of ether oxygens (including phenoxy) is 2. The lowest BCUT2D eigenvalue weighted by Gasteiger charge is -1.98. The summed E-state index contributed by atoms with van der Waals surface area (Å²) in [5.74, 6) is 0.104. The maximum Gasteiger partial charge on any atom is 0.254 e. The van der Waals surface area contributed by atoms with E-state index in [1.54, 1.807) is 13.2 Å². The summed E-state index contributed by atoms with van der Waals surface area (Å²) in [5.41, 5.74) is 0.786. The molecule has 0 unspecified atom stereocenters. The van der Waals surface area contributed by atoms with Crippen LogP contribution in [0.4, 0.5) is 0 Å². The zero-order valence-corrected chi connectivity index (χ0v) is 14.8. The molecule has 1 aromatic carbocycles. The van der Waals surface area contributed by atoms with Gasteiger partial charge >= 0.3 is 0 Å². The maximum atomic E-state index is 12.3. The second kappa shape index (κ2) is 8.19. The van der Waals surface area contributed by atoms with Crippen molar-refractivity contribution in [2.75, 3.05) is 20.3 Å². The molecular formula is C16H14ClN3O4S. The Labute approximate surface area is 152 Å². The minimum Gasteiger partial charge on any atom is -0.473 e. The van der Waals surface area contributed by atoms with Crippen LogP contribution in [-0.2, 0) is 11.2 Å². The summed E-state index contributed by atoms with van der Waals surface area (Å²) in [6.45, 7) is 0.750. The number of carbonyl (C=O) groups is 1. The van der Waals surface area contributed by atoms with Gasteiger partial charge < -0.3 is 14.0 Å². The molecule has 3 aromatic rings. The largest absolute Gasteiger partial charge is 0.473 e. The third-order valence-corrected chi connectivity index (χ3v) is 4.47. The van der Waals surface area contributed by atoms with Crippen molar-refractivity contribution >= 4 is 28.7 Å². The lowest BCUT2D eigenvalue weighted by atomic mass is 10.2. The van der Waals surface area contributed by atoms with Crippen molar-refractivity contribution in [2.24, 2.45) is 0 Å². The summed E-state index contributed by atoms with van der Waals surface area (Å²) < 4.78 is 15.2. The van der Waals surface area contributed by atoms with Crippen LogP contribution in [0.25, 0.3) is 10.6 Å². The van der Waals surface area contributed by atoms with E-state index in [1.807, 2.05) is 18.2 Å². The molecule has 0 aliphatic carbocycles. The molecule has 0 amide bonds. The van der Waals surface area contributed by atoms with Crippen LogP contribution in [-0.4, -0.2) is 41.5 Å². The average molecular weight is 380 g/mol. The molecule has 3 rings (SSSR count). The number of nitrogens with zero attached hydrogens (tertiary/aromatic N) is 3. The van der Waals surface area contributed by atoms with Crippen molar-refractivity contribution < 1.29 is 18.8 Å². The first-order chi connectivity index (χ1) is 12.2. The second-order valence-corrected chi connectivity index (χ2v) is 6.42. The zero-order chi connectivity index (χ0) is 17.6. The molecule has 0 N–H and O–H groups in total. The molecule has 9 heteroatoms. The summed E-state index contributed by atoms with van der Waals surface area (Å²) in [4.78, 5) is 12.3. The molecule has 0 spiro atoms. The van der Waals surface area contributed by atoms with Crippen molar-refractivity contribution in [2.45, 2.75) is 6.42 Å². The number of methoxy groups -OCH3 is 1. The SMILES string of the molecule is COCCOc1cc(C(=O)Cc2nnc(-c3ccccc3Cl)s2)on1. The molecule has 0 bridgehead atoms. The summed E-state index contributed by atoms with van der Waals surface area (Å²) in [6, 6.07) is 8.80. The van der Waals surface area contributed by atoms with Crippen molar-refractivity contribution in [1.29, 1.82) is 0 Å². The van der Waals surface area contributed by atoms with Crippen LogP contribution < -0.4 is 4.74 Å². The normalized spacial score (nSPS) is 10.8. The Kier molecular flexibility index (Phi) is 5.75. The van der Waals surface area contributed by atoms with E-state index in [0.29, 0.717) is 28.3 Å². The molecule has 0 fully saturated rings. The minimum absolute atomic E-state index is 0.0643. The predicted molar refractivity (Wildman–Crippen MR) is 92.3 cm³/mol. The van der Waals surface area contributed by atoms with E-state index >= 15 is 0 Å². The molecule has 0 aliphatic heterocycles. The van der Waals surface area contributed by atoms with E-state index in [9.17, 15) is 4.79 Å². The molecule has 7 nitrogen and oxygen atoms in total. The van der Waals surface area contributed by atoms with Gasteiger partial charge in [0.1, 0.15) is 16.6 Å². The van der Waals surface area contributed by atoms with Gasteiger partial charge in [-0.05, 0) is 11.2 Å². The summed E-state index contributed by atoms with van der Waals surface area (Å²) in [5, 5.41) is 13.7. The number of hydrogen-bond acceptors (Lipinski definition) is 8. The van der Waals surface area contributed by atoms with Gasteiger partial charge in [0, 0.05) is 12.7 Å². The molecule has 0 saturated carbocycles. The first kappa shape index (κ1) is 17.5. The third kappa shape index (κ3) is 4.41. The molecule has 25 heavy (non-hydrogen) atoms. The van der Waals surface area contributed by atoms with Crippen LogP contribution in [0, 0.1) is 0 Å². The van der Waals surface area contributed by atoms with Crippen LogP contribution in [0.3, 0.4) is 0 Å². The van der Waals surface area contributed by atoms with Crippen LogP contribution in [0.5, 0.6) is 5.88 Å². The van der Waals surface area contributed by atoms with Gasteiger partial charge in [-0.25, -0.2) is 0 Å². The standard InChI is InChI=1S/C16H14ClN3O4S/c1-22-6-7-23-14-9-13(24-20-14)12(21)8-15-18-19-16(25-15)10-4-2-3-5-11(10)17/h2-5,9H,6-8H2,1H3. The van der Waals surface area contributed by atoms with Gasteiger partial charge in [0.15, 0.2) is 0 Å². The van der Waals surface area contributed by atoms with E-state index in [4.69, 9.17) is 25.6 Å². The van der Waals surface area contributed by atoms with E-state index in [-0.39, 0.29) is 23.8 Å². The smallest absolute Gasteiger partial charge is 0.254 e.